The summed E-state index contributed by atoms with van der Waals surface area (Å²) in [7, 11) is 1.98. The largest absolute Gasteiger partial charge is 0.369 e. The van der Waals surface area contributed by atoms with Crippen molar-refractivity contribution in [2.45, 2.75) is 45.2 Å². The van der Waals surface area contributed by atoms with Crippen molar-refractivity contribution < 1.29 is 14.0 Å². The average molecular weight is 459 g/mol. The first-order valence-electron chi connectivity index (χ1n) is 10.1. The number of thioether (sulfide) groups is 1. The Morgan fingerprint density at radius 3 is 2.58 bits per heavy atom. The maximum Gasteiger partial charge on any atom is 0.293 e. The maximum atomic E-state index is 15.0. The van der Waals surface area contributed by atoms with Gasteiger partial charge < -0.3 is 4.90 Å². The molecule has 2 aliphatic rings. The number of hydrogen-bond donors (Lipinski definition) is 0. The van der Waals surface area contributed by atoms with E-state index in [0.717, 1.165) is 35.0 Å². The molecule has 1 unspecified atom stereocenters. The van der Waals surface area contributed by atoms with Crippen LogP contribution < -0.4 is 4.90 Å². The van der Waals surface area contributed by atoms with Crippen LogP contribution in [0.15, 0.2) is 41.3 Å². The van der Waals surface area contributed by atoms with E-state index in [1.165, 1.54) is 17.0 Å². The number of halogens is 2. The number of nitrogens with zero attached hydrogens (tertiary/aromatic N) is 2. The van der Waals surface area contributed by atoms with Crippen molar-refractivity contribution in [3.8, 4) is 0 Å². The lowest BCUT2D eigenvalue weighted by Gasteiger charge is -2.45. The van der Waals surface area contributed by atoms with E-state index in [0.29, 0.717) is 10.6 Å². The predicted octanol–water partition coefficient (Wildman–Crippen LogP) is 6.44. The van der Waals surface area contributed by atoms with Gasteiger partial charge >= 0.3 is 0 Å². The quantitative estimate of drug-likeness (QED) is 0.496. The average Bonchev–Trinajstić information content (AvgIpc) is 2.96. The third-order valence-corrected chi connectivity index (χ3v) is 7.33. The van der Waals surface area contributed by atoms with Crippen molar-refractivity contribution in [2.75, 3.05) is 11.9 Å². The van der Waals surface area contributed by atoms with E-state index >= 15 is 0 Å². The fraction of sp³-hybridized carbons (Fsp3) is 0.333. The van der Waals surface area contributed by atoms with Crippen LogP contribution in [-0.2, 0) is 11.3 Å². The molecule has 7 heteroatoms. The number of fused-ring (bicyclic) bond motifs is 1. The van der Waals surface area contributed by atoms with E-state index < -0.39 is 11.7 Å². The van der Waals surface area contributed by atoms with Crippen molar-refractivity contribution in [1.82, 2.24) is 4.90 Å². The Labute approximate surface area is 191 Å². The minimum absolute atomic E-state index is 0.0648. The Balaban J connectivity index is 1.63. The van der Waals surface area contributed by atoms with Gasteiger partial charge in [-0.1, -0.05) is 30.7 Å². The molecular weight excluding hydrogens is 435 g/mol. The molecular formula is C24H24ClFN2O2S. The fourth-order valence-electron chi connectivity index (χ4n) is 4.27. The summed E-state index contributed by atoms with van der Waals surface area (Å²) in [6.45, 7) is 6.59. The van der Waals surface area contributed by atoms with E-state index in [1.54, 1.807) is 24.3 Å². The van der Waals surface area contributed by atoms with Gasteiger partial charge in [0.15, 0.2) is 0 Å². The molecule has 0 spiro atoms. The number of imide groups is 1. The third-order valence-electron chi connectivity index (χ3n) is 6.17. The van der Waals surface area contributed by atoms with Gasteiger partial charge in [-0.2, -0.15) is 0 Å². The zero-order valence-corrected chi connectivity index (χ0v) is 19.5. The first-order chi connectivity index (χ1) is 14.6. The molecule has 2 heterocycles. The van der Waals surface area contributed by atoms with E-state index in [9.17, 15) is 14.0 Å². The van der Waals surface area contributed by atoms with Crippen LogP contribution in [0.2, 0.25) is 5.02 Å². The molecule has 0 saturated carbocycles. The molecule has 0 aromatic heterocycles. The van der Waals surface area contributed by atoms with Gasteiger partial charge in [0.25, 0.3) is 11.1 Å². The first kappa shape index (κ1) is 21.9. The van der Waals surface area contributed by atoms with Gasteiger partial charge in [-0.25, -0.2) is 4.39 Å². The molecule has 0 aliphatic carbocycles. The summed E-state index contributed by atoms with van der Waals surface area (Å²) in [5.41, 5.74) is 2.98. The summed E-state index contributed by atoms with van der Waals surface area (Å²) < 4.78 is 15.0. The highest BCUT2D eigenvalue weighted by Crippen LogP contribution is 2.44. The SMILES string of the molecule is CC1CC(C)(C)N(C)c2cc(F)c(/C=C3/SC(=O)N(Cc4ccc(Cl)cc4)C3=O)cc21. The van der Waals surface area contributed by atoms with Gasteiger partial charge in [0.05, 0.1) is 11.4 Å². The number of amides is 2. The van der Waals surface area contributed by atoms with Crippen molar-refractivity contribution >= 4 is 46.3 Å². The molecule has 0 radical (unpaired) electrons. The number of hydrogen-bond acceptors (Lipinski definition) is 4. The molecule has 4 rings (SSSR count). The lowest BCUT2D eigenvalue weighted by atomic mass is 9.80. The second-order valence-electron chi connectivity index (χ2n) is 8.80. The molecule has 2 amide bonds. The van der Waals surface area contributed by atoms with Crippen LogP contribution in [-0.4, -0.2) is 28.6 Å². The number of carbonyl (C=O) groups excluding carboxylic acids is 2. The molecule has 1 fully saturated rings. The highest BCUT2D eigenvalue weighted by molar-refractivity contribution is 8.18. The van der Waals surface area contributed by atoms with Gasteiger partial charge in [0, 0.05) is 28.9 Å². The molecule has 1 saturated heterocycles. The Hall–Kier alpha value is -2.31. The standard InChI is InChI=1S/C24H24ClFN2O2S/c1-14-12-24(2,3)27(4)20-11-19(26)16(9-18(14)20)10-21-22(29)28(23(30)31-21)13-15-5-7-17(25)8-6-15/h5-11,14H,12-13H2,1-4H3/b21-10+. The van der Waals surface area contributed by atoms with E-state index in [-0.39, 0.29) is 28.1 Å². The van der Waals surface area contributed by atoms with E-state index in [1.807, 2.05) is 13.1 Å². The van der Waals surface area contributed by atoms with Crippen LogP contribution in [0.3, 0.4) is 0 Å². The Morgan fingerprint density at radius 2 is 1.90 bits per heavy atom. The molecule has 1 atom stereocenters. The van der Waals surface area contributed by atoms with Crippen molar-refractivity contribution in [2.24, 2.45) is 0 Å². The monoisotopic (exact) mass is 458 g/mol. The highest BCUT2D eigenvalue weighted by atomic mass is 35.5. The number of rotatable bonds is 3. The number of benzene rings is 2. The van der Waals surface area contributed by atoms with Crippen LogP contribution in [0, 0.1) is 5.82 Å². The van der Waals surface area contributed by atoms with E-state index in [2.05, 4.69) is 25.7 Å². The molecule has 2 aromatic carbocycles. The lowest BCUT2D eigenvalue weighted by Crippen LogP contribution is -2.45. The maximum absolute atomic E-state index is 15.0. The second-order valence-corrected chi connectivity index (χ2v) is 10.2. The number of carbonyl (C=O) groups is 2. The van der Waals surface area contributed by atoms with E-state index in [4.69, 9.17) is 11.6 Å². The van der Waals surface area contributed by atoms with Crippen molar-refractivity contribution in [1.29, 1.82) is 0 Å². The minimum Gasteiger partial charge on any atom is -0.369 e. The topological polar surface area (TPSA) is 40.6 Å². The number of anilines is 1. The summed E-state index contributed by atoms with van der Waals surface area (Å²) >= 11 is 6.74. The third kappa shape index (κ3) is 4.11. The van der Waals surface area contributed by atoms with Crippen molar-refractivity contribution in [3.05, 3.63) is 68.8 Å². The van der Waals surface area contributed by atoms with Gasteiger partial charge in [0.1, 0.15) is 5.82 Å². The summed E-state index contributed by atoms with van der Waals surface area (Å²) in [5, 5.41) is 0.225. The zero-order valence-electron chi connectivity index (χ0n) is 17.9. The molecule has 0 N–H and O–H groups in total. The van der Waals surface area contributed by atoms with Gasteiger partial charge in [-0.3, -0.25) is 14.5 Å². The smallest absolute Gasteiger partial charge is 0.293 e. The zero-order chi connectivity index (χ0) is 22.5. The summed E-state index contributed by atoms with van der Waals surface area (Å²) in [6.07, 6.45) is 2.44. The Morgan fingerprint density at radius 1 is 1.23 bits per heavy atom. The Bertz CT molecular complexity index is 1100. The summed E-state index contributed by atoms with van der Waals surface area (Å²) in [6, 6.07) is 10.3. The second kappa shape index (κ2) is 7.99. The normalized spacial score (nSPS) is 21.7. The van der Waals surface area contributed by atoms with Gasteiger partial charge in [-0.05, 0) is 79.4 Å². The van der Waals surface area contributed by atoms with Crippen LogP contribution in [0.5, 0.6) is 0 Å². The van der Waals surface area contributed by atoms with Crippen LogP contribution in [0.1, 0.15) is 49.8 Å². The molecule has 31 heavy (non-hydrogen) atoms. The van der Waals surface area contributed by atoms with Crippen LogP contribution in [0.25, 0.3) is 6.08 Å². The fourth-order valence-corrected chi connectivity index (χ4v) is 5.22. The summed E-state index contributed by atoms with van der Waals surface area (Å²) in [4.78, 5) is 28.8. The van der Waals surface area contributed by atoms with Crippen LogP contribution >= 0.6 is 23.4 Å². The molecule has 2 aromatic rings. The molecule has 2 aliphatic heterocycles. The van der Waals surface area contributed by atoms with Crippen molar-refractivity contribution in [3.63, 3.8) is 0 Å². The highest BCUT2D eigenvalue weighted by Gasteiger charge is 2.37. The van der Waals surface area contributed by atoms with Gasteiger partial charge in [0.2, 0.25) is 0 Å². The summed E-state index contributed by atoms with van der Waals surface area (Å²) in [5.74, 6) is -0.553. The lowest BCUT2D eigenvalue weighted by molar-refractivity contribution is -0.123. The molecule has 162 valence electrons. The van der Waals surface area contributed by atoms with Gasteiger partial charge in [-0.15, -0.1) is 0 Å². The van der Waals surface area contributed by atoms with Crippen LogP contribution in [0.4, 0.5) is 14.9 Å². The molecule has 0 bridgehead atoms. The Kier molecular flexibility index (Phi) is 5.64. The predicted molar refractivity (Wildman–Crippen MR) is 125 cm³/mol. The first-order valence-corrected chi connectivity index (χ1v) is 11.3. The minimum atomic E-state index is -0.409. The molecule has 4 nitrogen and oxygen atoms in total.